The molecule has 6 nitrogen and oxygen atoms in total. The third-order valence-electron chi connectivity index (χ3n) is 3.75. The molecule has 6 heteroatoms. The van der Waals surface area contributed by atoms with Crippen LogP contribution >= 0.6 is 0 Å². The first-order chi connectivity index (χ1) is 10.6. The van der Waals surface area contributed by atoms with E-state index in [0.717, 1.165) is 0 Å². The lowest BCUT2D eigenvalue weighted by Gasteiger charge is -2.44. The molecule has 2 N–H and O–H groups in total. The molecule has 0 fully saturated rings. The molecule has 0 rings (SSSR count). The lowest BCUT2D eigenvalue weighted by atomic mass is 9.84. The Morgan fingerprint density at radius 1 is 1.00 bits per heavy atom. The summed E-state index contributed by atoms with van der Waals surface area (Å²) in [5.74, 6) is -3.47. The Morgan fingerprint density at radius 3 is 1.65 bits per heavy atom. The van der Waals surface area contributed by atoms with Gasteiger partial charge in [0, 0.05) is 24.2 Å². The van der Waals surface area contributed by atoms with Crippen LogP contribution in [0.2, 0.25) is 0 Å². The van der Waals surface area contributed by atoms with Crippen LogP contribution in [-0.4, -0.2) is 40.1 Å². The predicted molar refractivity (Wildman–Crippen MR) is 86.4 cm³/mol. The molecule has 0 saturated carbocycles. The van der Waals surface area contributed by atoms with Crippen LogP contribution in [0.25, 0.3) is 0 Å². The van der Waals surface area contributed by atoms with Gasteiger partial charge in [0.2, 0.25) is 0 Å². The molecule has 0 unspecified atom stereocenters. The monoisotopic (exact) mass is 328 g/mol. The first kappa shape index (κ1) is 21.3. The second kappa shape index (κ2) is 8.84. The average Bonchev–Trinajstić information content (AvgIpc) is 2.51. The van der Waals surface area contributed by atoms with Crippen molar-refractivity contribution >= 4 is 11.9 Å². The second-order valence-corrected chi connectivity index (χ2v) is 5.66. The molecule has 0 bridgehead atoms. The van der Waals surface area contributed by atoms with E-state index in [4.69, 9.17) is 14.6 Å². The SMILES string of the molecule is C=C(C)C(=O)OC(CCCO)(OC(=O)C(=C)C)C(O)(CC)CC. The Kier molecular flexibility index (Phi) is 8.20. The quantitative estimate of drug-likeness (QED) is 0.363. The van der Waals surface area contributed by atoms with Gasteiger partial charge in [0.25, 0.3) is 5.79 Å². The zero-order valence-corrected chi connectivity index (χ0v) is 14.5. The fourth-order valence-corrected chi connectivity index (χ4v) is 2.12. The summed E-state index contributed by atoms with van der Waals surface area (Å²) >= 11 is 0. The molecule has 0 amide bonds. The second-order valence-electron chi connectivity index (χ2n) is 5.66. The van der Waals surface area contributed by atoms with Crippen molar-refractivity contribution < 1.29 is 29.3 Å². The van der Waals surface area contributed by atoms with Crippen molar-refractivity contribution in [1.82, 2.24) is 0 Å². The summed E-state index contributed by atoms with van der Waals surface area (Å²) < 4.78 is 10.8. The minimum Gasteiger partial charge on any atom is -0.416 e. The molecule has 0 aliphatic carbocycles. The van der Waals surface area contributed by atoms with Gasteiger partial charge in [-0.1, -0.05) is 27.0 Å². The van der Waals surface area contributed by atoms with E-state index in [2.05, 4.69) is 13.2 Å². The number of carbonyl (C=O) groups is 2. The van der Waals surface area contributed by atoms with Gasteiger partial charge in [0.15, 0.2) is 0 Å². The maximum Gasteiger partial charge on any atom is 0.336 e. The largest absolute Gasteiger partial charge is 0.416 e. The van der Waals surface area contributed by atoms with Crippen LogP contribution < -0.4 is 0 Å². The summed E-state index contributed by atoms with van der Waals surface area (Å²) in [4.78, 5) is 24.1. The molecule has 0 spiro atoms. The van der Waals surface area contributed by atoms with Crippen molar-refractivity contribution in [2.45, 2.75) is 64.8 Å². The van der Waals surface area contributed by atoms with E-state index in [1.807, 2.05) is 0 Å². The first-order valence-corrected chi connectivity index (χ1v) is 7.70. The van der Waals surface area contributed by atoms with E-state index >= 15 is 0 Å². The molecule has 0 radical (unpaired) electrons. The van der Waals surface area contributed by atoms with Crippen molar-refractivity contribution in [2.24, 2.45) is 0 Å². The lowest BCUT2D eigenvalue weighted by Crippen LogP contribution is -2.59. The first-order valence-electron chi connectivity index (χ1n) is 7.70. The van der Waals surface area contributed by atoms with Gasteiger partial charge in [0.05, 0.1) is 0 Å². The number of ether oxygens (including phenoxy) is 2. The predicted octanol–water partition coefficient (Wildman–Crippen LogP) is 2.24. The highest BCUT2D eigenvalue weighted by Gasteiger charge is 2.55. The van der Waals surface area contributed by atoms with E-state index < -0.39 is 23.3 Å². The third kappa shape index (κ3) is 5.18. The Bertz CT molecular complexity index is 434. The molecular formula is C17H28O6. The summed E-state index contributed by atoms with van der Waals surface area (Å²) in [6.45, 7) is 13.1. The highest BCUT2D eigenvalue weighted by atomic mass is 16.7. The lowest BCUT2D eigenvalue weighted by molar-refractivity contribution is -0.296. The van der Waals surface area contributed by atoms with Crippen LogP contribution in [-0.2, 0) is 19.1 Å². The Labute approximate surface area is 137 Å². The number of hydrogen-bond acceptors (Lipinski definition) is 6. The molecule has 0 saturated heterocycles. The van der Waals surface area contributed by atoms with E-state index in [1.165, 1.54) is 13.8 Å². The van der Waals surface area contributed by atoms with Gasteiger partial charge in [-0.15, -0.1) is 0 Å². The number of carbonyl (C=O) groups excluding carboxylic acids is 2. The Hall–Kier alpha value is -1.66. The normalized spacial score (nSPS) is 11.7. The Morgan fingerprint density at radius 2 is 1.39 bits per heavy atom. The molecule has 23 heavy (non-hydrogen) atoms. The number of aliphatic hydroxyl groups is 2. The third-order valence-corrected chi connectivity index (χ3v) is 3.75. The fraction of sp³-hybridized carbons (Fsp3) is 0.647. The van der Waals surface area contributed by atoms with Crippen molar-refractivity contribution in [3.05, 3.63) is 24.3 Å². The van der Waals surface area contributed by atoms with Crippen LogP contribution in [0.5, 0.6) is 0 Å². The minimum atomic E-state index is -1.91. The number of esters is 2. The van der Waals surface area contributed by atoms with Crippen LogP contribution in [0.4, 0.5) is 0 Å². The van der Waals surface area contributed by atoms with Crippen LogP contribution in [0.3, 0.4) is 0 Å². The summed E-state index contributed by atoms with van der Waals surface area (Å²) in [7, 11) is 0. The van der Waals surface area contributed by atoms with Crippen LogP contribution in [0.1, 0.15) is 53.4 Å². The maximum atomic E-state index is 12.0. The van der Waals surface area contributed by atoms with Crippen LogP contribution in [0, 0.1) is 0 Å². The number of hydrogen-bond donors (Lipinski definition) is 2. The molecule has 0 aliphatic rings. The van der Waals surface area contributed by atoms with E-state index in [1.54, 1.807) is 13.8 Å². The van der Waals surface area contributed by atoms with Gasteiger partial charge in [-0.05, 0) is 33.1 Å². The van der Waals surface area contributed by atoms with Crippen molar-refractivity contribution in [1.29, 1.82) is 0 Å². The fourth-order valence-electron chi connectivity index (χ4n) is 2.12. The maximum absolute atomic E-state index is 12.0. The molecule has 0 aromatic heterocycles. The molecule has 0 atom stereocenters. The van der Waals surface area contributed by atoms with Gasteiger partial charge in [-0.25, -0.2) is 9.59 Å². The highest BCUT2D eigenvalue weighted by Crippen LogP contribution is 2.39. The molecule has 0 aromatic carbocycles. The number of aliphatic hydroxyl groups excluding tert-OH is 1. The zero-order valence-electron chi connectivity index (χ0n) is 14.5. The molecule has 0 aliphatic heterocycles. The Balaban J connectivity index is 5.98. The van der Waals surface area contributed by atoms with Gasteiger partial charge in [0.1, 0.15) is 5.60 Å². The summed E-state index contributed by atoms with van der Waals surface area (Å²) in [5.41, 5.74) is -1.38. The highest BCUT2D eigenvalue weighted by molar-refractivity contribution is 5.89. The van der Waals surface area contributed by atoms with Crippen molar-refractivity contribution in [3.63, 3.8) is 0 Å². The standard InChI is InChI=1S/C17H28O6/c1-7-16(21,8-2)17(10-9-11-18,22-14(19)12(3)4)23-15(20)13(5)6/h18,21H,3,5,7-11H2,1-2,4,6H3. The smallest absolute Gasteiger partial charge is 0.336 e. The van der Waals surface area contributed by atoms with Gasteiger partial charge < -0.3 is 19.7 Å². The van der Waals surface area contributed by atoms with Gasteiger partial charge in [-0.3, -0.25) is 0 Å². The number of rotatable bonds is 10. The molecular weight excluding hydrogens is 300 g/mol. The van der Waals surface area contributed by atoms with Crippen molar-refractivity contribution in [2.75, 3.05) is 6.61 Å². The van der Waals surface area contributed by atoms with E-state index in [9.17, 15) is 14.7 Å². The molecule has 0 heterocycles. The van der Waals surface area contributed by atoms with Crippen molar-refractivity contribution in [3.8, 4) is 0 Å². The topological polar surface area (TPSA) is 93.1 Å². The molecule has 0 aromatic rings. The van der Waals surface area contributed by atoms with Crippen LogP contribution in [0.15, 0.2) is 24.3 Å². The average molecular weight is 328 g/mol. The minimum absolute atomic E-state index is 0.0419. The van der Waals surface area contributed by atoms with Gasteiger partial charge in [-0.2, -0.15) is 0 Å². The zero-order chi connectivity index (χ0) is 18.3. The van der Waals surface area contributed by atoms with Gasteiger partial charge >= 0.3 is 11.9 Å². The summed E-state index contributed by atoms with van der Waals surface area (Å²) in [6.07, 6.45) is 0.499. The molecule has 132 valence electrons. The summed E-state index contributed by atoms with van der Waals surface area (Å²) in [5, 5.41) is 20.1. The summed E-state index contributed by atoms with van der Waals surface area (Å²) in [6, 6.07) is 0. The van der Waals surface area contributed by atoms with E-state index in [-0.39, 0.29) is 43.4 Å². The van der Waals surface area contributed by atoms with E-state index in [0.29, 0.717) is 0 Å².